The number of piperidine rings is 1. The highest BCUT2D eigenvalue weighted by Gasteiger charge is 2.20. The van der Waals surface area contributed by atoms with Gasteiger partial charge < -0.3 is 15.5 Å². The van der Waals surface area contributed by atoms with E-state index in [4.69, 9.17) is 0 Å². The lowest BCUT2D eigenvalue weighted by atomic mass is 10.1. The van der Waals surface area contributed by atoms with Gasteiger partial charge in [0, 0.05) is 24.7 Å². The van der Waals surface area contributed by atoms with Gasteiger partial charge in [-0.05, 0) is 46.2 Å². The Kier molecular flexibility index (Phi) is 5.79. The molecule has 21 heavy (non-hydrogen) atoms. The van der Waals surface area contributed by atoms with Crippen LogP contribution in [0.4, 0.5) is 11.6 Å². The van der Waals surface area contributed by atoms with Gasteiger partial charge in [0.15, 0.2) is 0 Å². The van der Waals surface area contributed by atoms with Gasteiger partial charge in [-0.15, -0.1) is 0 Å². The van der Waals surface area contributed by atoms with Crippen molar-refractivity contribution < 1.29 is 0 Å². The van der Waals surface area contributed by atoms with Crippen LogP contribution in [0.5, 0.6) is 0 Å². The number of likely N-dealkylation sites (N-methyl/N-ethyl adjacent to an activating group) is 1. The standard InChI is InChI=1S/C16H29N5/c1-5-9-17-15-12(3)16(19-13(4)18-15)20-14-8-7-10-21(6-2)11-14/h14H,5-11H2,1-4H3,(H2,17,18,19,20). The lowest BCUT2D eigenvalue weighted by molar-refractivity contribution is 0.226. The number of hydrogen-bond acceptors (Lipinski definition) is 5. The maximum Gasteiger partial charge on any atom is 0.135 e. The van der Waals surface area contributed by atoms with E-state index in [-0.39, 0.29) is 0 Å². The van der Waals surface area contributed by atoms with E-state index >= 15 is 0 Å². The summed E-state index contributed by atoms with van der Waals surface area (Å²) < 4.78 is 0. The quantitative estimate of drug-likeness (QED) is 0.844. The molecule has 0 aromatic carbocycles. The third-order valence-corrected chi connectivity index (χ3v) is 4.09. The summed E-state index contributed by atoms with van der Waals surface area (Å²) in [5.74, 6) is 2.78. The molecular weight excluding hydrogens is 262 g/mol. The van der Waals surface area contributed by atoms with Crippen LogP contribution in [0.1, 0.15) is 44.5 Å². The molecule has 0 spiro atoms. The molecule has 5 nitrogen and oxygen atoms in total. The monoisotopic (exact) mass is 291 g/mol. The van der Waals surface area contributed by atoms with Crippen LogP contribution < -0.4 is 10.6 Å². The van der Waals surface area contributed by atoms with Crippen LogP contribution in [-0.2, 0) is 0 Å². The largest absolute Gasteiger partial charge is 0.370 e. The normalized spacial score (nSPS) is 19.5. The van der Waals surface area contributed by atoms with E-state index in [9.17, 15) is 0 Å². The SMILES string of the molecule is CCCNc1nc(C)nc(NC2CCCN(CC)C2)c1C. The molecule has 5 heteroatoms. The summed E-state index contributed by atoms with van der Waals surface area (Å²) in [4.78, 5) is 11.6. The van der Waals surface area contributed by atoms with Gasteiger partial charge in [-0.2, -0.15) is 0 Å². The summed E-state index contributed by atoms with van der Waals surface area (Å²) in [6.07, 6.45) is 3.58. The summed E-state index contributed by atoms with van der Waals surface area (Å²) in [6.45, 7) is 12.9. The van der Waals surface area contributed by atoms with Gasteiger partial charge in [0.1, 0.15) is 17.5 Å². The van der Waals surface area contributed by atoms with E-state index in [1.807, 2.05) is 6.92 Å². The minimum Gasteiger partial charge on any atom is -0.370 e. The number of aromatic nitrogens is 2. The lowest BCUT2D eigenvalue weighted by Crippen LogP contribution is -2.42. The summed E-state index contributed by atoms with van der Waals surface area (Å²) >= 11 is 0. The third-order valence-electron chi connectivity index (χ3n) is 4.09. The molecule has 0 radical (unpaired) electrons. The zero-order chi connectivity index (χ0) is 15.2. The van der Waals surface area contributed by atoms with Crippen LogP contribution in [0.3, 0.4) is 0 Å². The molecule has 2 N–H and O–H groups in total. The van der Waals surface area contributed by atoms with Gasteiger partial charge in [0.05, 0.1) is 0 Å². The molecule has 2 rings (SSSR count). The van der Waals surface area contributed by atoms with Gasteiger partial charge >= 0.3 is 0 Å². The van der Waals surface area contributed by atoms with Crippen molar-refractivity contribution in [3.05, 3.63) is 11.4 Å². The van der Waals surface area contributed by atoms with Crippen molar-refractivity contribution in [1.29, 1.82) is 0 Å². The van der Waals surface area contributed by atoms with E-state index < -0.39 is 0 Å². The summed E-state index contributed by atoms with van der Waals surface area (Å²) in [6, 6.07) is 0.491. The topological polar surface area (TPSA) is 53.1 Å². The molecule has 1 fully saturated rings. The van der Waals surface area contributed by atoms with E-state index in [1.165, 1.54) is 19.4 Å². The number of hydrogen-bond donors (Lipinski definition) is 2. The number of anilines is 2. The molecule has 0 bridgehead atoms. The Hall–Kier alpha value is -1.36. The first-order valence-corrected chi connectivity index (χ1v) is 8.22. The fourth-order valence-corrected chi connectivity index (χ4v) is 2.84. The Morgan fingerprint density at radius 1 is 1.19 bits per heavy atom. The van der Waals surface area contributed by atoms with Crippen LogP contribution in [0.15, 0.2) is 0 Å². The summed E-state index contributed by atoms with van der Waals surface area (Å²) in [5.41, 5.74) is 1.13. The smallest absolute Gasteiger partial charge is 0.135 e. The minimum atomic E-state index is 0.491. The van der Waals surface area contributed by atoms with Crippen LogP contribution in [0, 0.1) is 13.8 Å². The second-order valence-electron chi connectivity index (χ2n) is 5.90. The van der Waals surface area contributed by atoms with Crippen molar-refractivity contribution in [2.75, 3.05) is 36.8 Å². The number of nitrogens with one attached hydrogen (secondary N) is 2. The molecule has 0 amide bonds. The van der Waals surface area contributed by atoms with Crippen molar-refractivity contribution in [3.8, 4) is 0 Å². The Bertz CT molecular complexity index is 460. The zero-order valence-electron chi connectivity index (χ0n) is 13.9. The zero-order valence-corrected chi connectivity index (χ0v) is 13.9. The number of likely N-dealkylation sites (tertiary alicyclic amines) is 1. The number of rotatable bonds is 6. The van der Waals surface area contributed by atoms with Crippen LogP contribution >= 0.6 is 0 Å². The first kappa shape index (κ1) is 16.0. The van der Waals surface area contributed by atoms with Crippen molar-refractivity contribution in [2.24, 2.45) is 0 Å². The second kappa shape index (κ2) is 7.59. The Morgan fingerprint density at radius 2 is 1.95 bits per heavy atom. The first-order valence-electron chi connectivity index (χ1n) is 8.22. The molecule has 1 aliphatic heterocycles. The number of aryl methyl sites for hydroxylation is 1. The number of nitrogens with zero attached hydrogens (tertiary/aromatic N) is 3. The highest BCUT2D eigenvalue weighted by molar-refractivity contribution is 5.57. The maximum absolute atomic E-state index is 4.61. The first-order chi connectivity index (χ1) is 10.1. The molecule has 2 heterocycles. The van der Waals surface area contributed by atoms with E-state index in [0.29, 0.717) is 6.04 Å². The Morgan fingerprint density at radius 3 is 2.67 bits per heavy atom. The van der Waals surface area contributed by atoms with E-state index in [0.717, 1.165) is 49.1 Å². The van der Waals surface area contributed by atoms with Gasteiger partial charge in [0.25, 0.3) is 0 Å². The van der Waals surface area contributed by atoms with Crippen molar-refractivity contribution >= 4 is 11.6 Å². The van der Waals surface area contributed by atoms with Crippen LogP contribution in [0.25, 0.3) is 0 Å². The van der Waals surface area contributed by atoms with Gasteiger partial charge in [-0.3, -0.25) is 0 Å². The predicted molar refractivity (Wildman–Crippen MR) is 89.0 cm³/mol. The summed E-state index contributed by atoms with van der Waals surface area (Å²) in [7, 11) is 0. The van der Waals surface area contributed by atoms with Crippen LogP contribution in [0.2, 0.25) is 0 Å². The molecule has 118 valence electrons. The molecule has 1 saturated heterocycles. The highest BCUT2D eigenvalue weighted by atomic mass is 15.2. The fraction of sp³-hybridized carbons (Fsp3) is 0.750. The highest BCUT2D eigenvalue weighted by Crippen LogP contribution is 2.22. The predicted octanol–water partition coefficient (Wildman–Crippen LogP) is 2.81. The molecule has 0 saturated carbocycles. The van der Waals surface area contributed by atoms with Gasteiger partial charge in [0.2, 0.25) is 0 Å². The minimum absolute atomic E-state index is 0.491. The Balaban J connectivity index is 2.09. The van der Waals surface area contributed by atoms with Crippen molar-refractivity contribution in [2.45, 2.75) is 53.0 Å². The van der Waals surface area contributed by atoms with Gasteiger partial charge in [-0.25, -0.2) is 9.97 Å². The average Bonchev–Trinajstić information content (AvgIpc) is 2.49. The molecular formula is C16H29N5. The molecule has 1 unspecified atom stereocenters. The maximum atomic E-state index is 4.61. The molecule has 1 aromatic rings. The molecule has 0 aliphatic carbocycles. The average molecular weight is 291 g/mol. The van der Waals surface area contributed by atoms with E-state index in [2.05, 4.69) is 46.3 Å². The second-order valence-corrected chi connectivity index (χ2v) is 5.90. The fourth-order valence-electron chi connectivity index (χ4n) is 2.84. The lowest BCUT2D eigenvalue weighted by Gasteiger charge is -2.33. The summed E-state index contributed by atoms with van der Waals surface area (Å²) in [5, 5.41) is 7.04. The molecule has 1 aliphatic rings. The Labute approximate surface area is 128 Å². The third kappa shape index (κ3) is 4.30. The van der Waals surface area contributed by atoms with Crippen molar-refractivity contribution in [3.63, 3.8) is 0 Å². The van der Waals surface area contributed by atoms with E-state index in [1.54, 1.807) is 0 Å². The van der Waals surface area contributed by atoms with Crippen LogP contribution in [-0.4, -0.2) is 47.1 Å². The van der Waals surface area contributed by atoms with Gasteiger partial charge in [-0.1, -0.05) is 13.8 Å². The molecule has 1 atom stereocenters. The molecule has 1 aromatic heterocycles. The van der Waals surface area contributed by atoms with Crippen molar-refractivity contribution in [1.82, 2.24) is 14.9 Å².